The molecule has 0 aromatic rings. The fraction of sp³-hybridized carbons (Fsp3) is 0.750. The van der Waals surface area contributed by atoms with Gasteiger partial charge in [-0.15, -0.1) is 0 Å². The first-order chi connectivity index (χ1) is 4.83. The van der Waals surface area contributed by atoms with E-state index in [0.717, 1.165) is 0 Å². The van der Waals surface area contributed by atoms with Crippen LogP contribution in [0.15, 0.2) is 0 Å². The molecular formula is C4H11N3O3S. The van der Waals surface area contributed by atoms with E-state index >= 15 is 0 Å². The number of hydrogen-bond acceptors (Lipinski definition) is 3. The molecule has 0 spiro atoms. The van der Waals surface area contributed by atoms with Gasteiger partial charge in [-0.05, 0) is 0 Å². The van der Waals surface area contributed by atoms with Crippen molar-refractivity contribution in [2.45, 2.75) is 0 Å². The Bertz CT molecular complexity index is 233. The Morgan fingerprint density at radius 1 is 1.55 bits per heavy atom. The van der Waals surface area contributed by atoms with E-state index < -0.39 is 10.2 Å². The van der Waals surface area contributed by atoms with Crippen LogP contribution in [0.25, 0.3) is 0 Å². The summed E-state index contributed by atoms with van der Waals surface area (Å²) in [6, 6.07) is 0. The van der Waals surface area contributed by atoms with Crippen molar-refractivity contribution < 1.29 is 13.2 Å². The highest BCUT2D eigenvalue weighted by Crippen LogP contribution is 1.76. The fourth-order valence-electron chi connectivity index (χ4n) is 0.320. The Morgan fingerprint density at radius 2 is 2.00 bits per heavy atom. The van der Waals surface area contributed by atoms with E-state index in [1.807, 2.05) is 4.72 Å². The van der Waals surface area contributed by atoms with Gasteiger partial charge >= 0.3 is 0 Å². The first-order valence-electron chi connectivity index (χ1n) is 2.80. The second kappa shape index (κ2) is 3.65. The van der Waals surface area contributed by atoms with E-state index in [2.05, 4.69) is 5.14 Å². The van der Waals surface area contributed by atoms with E-state index in [1.54, 1.807) is 0 Å². The van der Waals surface area contributed by atoms with Gasteiger partial charge in [0.15, 0.2) is 0 Å². The number of nitrogens with two attached hydrogens (primary N) is 1. The van der Waals surface area contributed by atoms with Crippen LogP contribution in [0.1, 0.15) is 0 Å². The van der Waals surface area contributed by atoms with Crippen LogP contribution in [-0.2, 0) is 15.0 Å². The lowest BCUT2D eigenvalue weighted by molar-refractivity contribution is -0.127. The van der Waals surface area contributed by atoms with Crippen LogP contribution in [-0.4, -0.2) is 39.9 Å². The molecule has 0 unspecified atom stereocenters. The molecule has 0 atom stereocenters. The molecule has 0 aliphatic carbocycles. The zero-order chi connectivity index (χ0) is 9.07. The minimum absolute atomic E-state index is 0.300. The lowest BCUT2D eigenvalue weighted by Crippen LogP contribution is -2.39. The van der Waals surface area contributed by atoms with Crippen LogP contribution in [0, 0.1) is 0 Å². The monoisotopic (exact) mass is 181 g/mol. The van der Waals surface area contributed by atoms with Crippen molar-refractivity contribution >= 4 is 16.1 Å². The van der Waals surface area contributed by atoms with Crippen molar-refractivity contribution in [3.63, 3.8) is 0 Å². The molecule has 7 heteroatoms. The molecule has 11 heavy (non-hydrogen) atoms. The minimum atomic E-state index is -3.75. The number of nitrogens with zero attached hydrogens (tertiary/aromatic N) is 1. The van der Waals surface area contributed by atoms with Crippen LogP contribution in [0.4, 0.5) is 0 Å². The van der Waals surface area contributed by atoms with Crippen molar-refractivity contribution in [2.24, 2.45) is 5.14 Å². The maximum atomic E-state index is 10.7. The van der Waals surface area contributed by atoms with E-state index in [-0.39, 0.29) is 12.5 Å². The highest BCUT2D eigenvalue weighted by atomic mass is 32.2. The molecule has 0 rings (SSSR count). The van der Waals surface area contributed by atoms with Crippen LogP contribution < -0.4 is 9.86 Å². The summed E-state index contributed by atoms with van der Waals surface area (Å²) in [5.41, 5.74) is 0. The molecular weight excluding hydrogens is 170 g/mol. The SMILES string of the molecule is CN(C)C(=O)CNS(N)(=O)=O. The predicted molar refractivity (Wildman–Crippen MR) is 39.8 cm³/mol. The third-order valence-electron chi connectivity index (χ3n) is 0.923. The Balaban J connectivity index is 3.83. The Kier molecular flexibility index (Phi) is 3.43. The summed E-state index contributed by atoms with van der Waals surface area (Å²) in [6.45, 7) is -0.300. The maximum absolute atomic E-state index is 10.7. The summed E-state index contributed by atoms with van der Waals surface area (Å²) in [6.07, 6.45) is 0. The third-order valence-corrected chi connectivity index (χ3v) is 1.47. The molecule has 0 aliphatic rings. The summed E-state index contributed by atoms with van der Waals surface area (Å²) in [5, 5.41) is 4.57. The average molecular weight is 181 g/mol. The van der Waals surface area contributed by atoms with Crippen molar-refractivity contribution in [1.82, 2.24) is 9.62 Å². The van der Waals surface area contributed by atoms with E-state index in [0.29, 0.717) is 0 Å². The summed E-state index contributed by atoms with van der Waals surface area (Å²) >= 11 is 0. The summed E-state index contributed by atoms with van der Waals surface area (Å²) in [4.78, 5) is 12.0. The number of carbonyl (C=O) groups is 1. The molecule has 0 bridgehead atoms. The van der Waals surface area contributed by atoms with E-state index in [9.17, 15) is 13.2 Å². The largest absolute Gasteiger partial charge is 0.348 e. The van der Waals surface area contributed by atoms with Crippen molar-refractivity contribution in [3.8, 4) is 0 Å². The van der Waals surface area contributed by atoms with Crippen molar-refractivity contribution in [3.05, 3.63) is 0 Å². The van der Waals surface area contributed by atoms with Crippen molar-refractivity contribution in [2.75, 3.05) is 20.6 Å². The number of carbonyl (C=O) groups excluding carboxylic acids is 1. The van der Waals surface area contributed by atoms with E-state index in [1.165, 1.54) is 19.0 Å². The molecule has 0 radical (unpaired) electrons. The van der Waals surface area contributed by atoms with Gasteiger partial charge in [0.2, 0.25) is 5.91 Å². The smallest absolute Gasteiger partial charge is 0.274 e. The fourth-order valence-corrected chi connectivity index (χ4v) is 0.645. The van der Waals surface area contributed by atoms with Gasteiger partial charge in [0.25, 0.3) is 10.2 Å². The maximum Gasteiger partial charge on any atom is 0.274 e. The van der Waals surface area contributed by atoms with Gasteiger partial charge in [0.05, 0.1) is 6.54 Å². The summed E-state index contributed by atoms with van der Waals surface area (Å²) in [7, 11) is -0.708. The van der Waals surface area contributed by atoms with Crippen LogP contribution in [0.3, 0.4) is 0 Å². The molecule has 0 aromatic heterocycles. The number of nitrogens with one attached hydrogen (secondary N) is 1. The van der Waals surface area contributed by atoms with Crippen molar-refractivity contribution in [1.29, 1.82) is 0 Å². The van der Waals surface area contributed by atoms with Gasteiger partial charge in [0.1, 0.15) is 0 Å². The van der Waals surface area contributed by atoms with E-state index in [4.69, 9.17) is 0 Å². The first-order valence-corrected chi connectivity index (χ1v) is 4.35. The van der Waals surface area contributed by atoms with Gasteiger partial charge in [-0.25, -0.2) is 5.14 Å². The van der Waals surface area contributed by atoms with Crippen LogP contribution in [0.2, 0.25) is 0 Å². The Labute approximate surface area is 65.5 Å². The molecule has 6 nitrogen and oxygen atoms in total. The molecule has 1 amide bonds. The zero-order valence-electron chi connectivity index (χ0n) is 6.36. The summed E-state index contributed by atoms with van der Waals surface area (Å²) in [5.74, 6) is -0.348. The second-order valence-electron chi connectivity index (χ2n) is 2.15. The quantitative estimate of drug-likeness (QED) is 0.520. The van der Waals surface area contributed by atoms with Crippen LogP contribution in [0.5, 0.6) is 0 Å². The molecule has 0 fully saturated rings. The number of rotatable bonds is 3. The normalized spacial score (nSPS) is 11.2. The standard InChI is InChI=1S/C4H11N3O3S/c1-7(2)4(8)3-6-11(5,9)10/h6H,3H2,1-2H3,(H2,5,9,10). The predicted octanol–water partition coefficient (Wildman–Crippen LogP) is -2.13. The lowest BCUT2D eigenvalue weighted by atomic mass is 10.6. The highest BCUT2D eigenvalue weighted by Gasteiger charge is 2.07. The number of hydrogen-bond donors (Lipinski definition) is 2. The molecule has 0 heterocycles. The highest BCUT2D eigenvalue weighted by molar-refractivity contribution is 7.87. The first kappa shape index (κ1) is 10.3. The topological polar surface area (TPSA) is 92.5 Å². The number of amides is 1. The molecule has 0 aromatic carbocycles. The van der Waals surface area contributed by atoms with Gasteiger partial charge in [-0.1, -0.05) is 0 Å². The molecule has 0 saturated heterocycles. The Hall–Kier alpha value is -0.660. The molecule has 3 N–H and O–H groups in total. The molecule has 0 saturated carbocycles. The van der Waals surface area contributed by atoms with Crippen LogP contribution >= 0.6 is 0 Å². The summed E-state index contributed by atoms with van der Waals surface area (Å²) < 4.78 is 22.4. The lowest BCUT2D eigenvalue weighted by Gasteiger charge is -2.09. The second-order valence-corrected chi connectivity index (χ2v) is 3.53. The van der Waals surface area contributed by atoms with Gasteiger partial charge in [-0.3, -0.25) is 4.79 Å². The average Bonchev–Trinajstić information content (AvgIpc) is 1.80. The van der Waals surface area contributed by atoms with Gasteiger partial charge in [0, 0.05) is 14.1 Å². The third kappa shape index (κ3) is 5.77. The minimum Gasteiger partial charge on any atom is -0.348 e. The Morgan fingerprint density at radius 3 is 2.27 bits per heavy atom. The zero-order valence-corrected chi connectivity index (χ0v) is 7.18. The van der Waals surface area contributed by atoms with Gasteiger partial charge < -0.3 is 4.90 Å². The number of likely N-dealkylation sites (N-methyl/N-ethyl adjacent to an activating group) is 1. The van der Waals surface area contributed by atoms with Gasteiger partial charge in [-0.2, -0.15) is 13.1 Å². The molecule has 0 aliphatic heterocycles. The molecule has 66 valence electrons.